The zero-order chi connectivity index (χ0) is 29.1. The van der Waals surface area contributed by atoms with Gasteiger partial charge in [0.25, 0.3) is 5.78 Å². The number of carbonyl (C=O) groups is 3. The summed E-state index contributed by atoms with van der Waals surface area (Å²) in [6.07, 6.45) is 1.63. The van der Waals surface area contributed by atoms with Gasteiger partial charge >= 0.3 is 11.9 Å². The first-order valence-corrected chi connectivity index (χ1v) is 13.8. The third kappa shape index (κ3) is 5.42. The van der Waals surface area contributed by atoms with E-state index in [-0.39, 0.29) is 33.9 Å². The van der Waals surface area contributed by atoms with Crippen LogP contribution >= 0.6 is 11.3 Å². The van der Waals surface area contributed by atoms with Crippen LogP contribution < -0.4 is 9.64 Å². The standard InChI is InChI=1S/C31H32N2O6S/c1-7-15-39-22-13-14-23(18(5)16-22)26(34)24-25(21-11-9-20(10-12-21)17(3)4)33(29(36)27(24)35)31-32-19(6)28(40-31)30(37)38-8-2/h7,9-14,16-17,25,34H,1,8,15H2,2-6H3/t25-/m1/s1. The van der Waals surface area contributed by atoms with Crippen LogP contribution in [0.1, 0.15) is 70.4 Å². The van der Waals surface area contributed by atoms with E-state index in [1.54, 1.807) is 45.0 Å². The minimum atomic E-state index is -0.960. The van der Waals surface area contributed by atoms with Crippen molar-refractivity contribution >= 4 is 39.9 Å². The summed E-state index contributed by atoms with van der Waals surface area (Å²) in [5.41, 5.74) is 3.10. The first-order valence-electron chi connectivity index (χ1n) is 13.0. The van der Waals surface area contributed by atoms with E-state index in [2.05, 4.69) is 25.4 Å². The van der Waals surface area contributed by atoms with Crippen molar-refractivity contribution in [3.05, 3.63) is 93.5 Å². The molecule has 0 aliphatic carbocycles. The maximum Gasteiger partial charge on any atom is 0.350 e. The fourth-order valence-corrected chi connectivity index (χ4v) is 5.56. The van der Waals surface area contributed by atoms with E-state index >= 15 is 0 Å². The number of anilines is 1. The minimum Gasteiger partial charge on any atom is -0.507 e. The highest BCUT2D eigenvalue weighted by molar-refractivity contribution is 7.17. The SMILES string of the molecule is C=CCOc1ccc(C(O)=C2C(=O)C(=O)N(c3nc(C)c(C(=O)OCC)s3)[C@@H]2c2ccc(C(C)C)cc2)c(C)c1. The van der Waals surface area contributed by atoms with Gasteiger partial charge in [-0.25, -0.2) is 9.78 Å². The van der Waals surface area contributed by atoms with Gasteiger partial charge in [-0.05, 0) is 61.6 Å². The number of rotatable bonds is 9. The second-order valence-corrected chi connectivity index (χ2v) is 10.7. The van der Waals surface area contributed by atoms with Crippen LogP contribution in [-0.4, -0.2) is 41.0 Å². The molecule has 0 radical (unpaired) electrons. The molecule has 1 aliphatic rings. The Morgan fingerprint density at radius 2 is 1.88 bits per heavy atom. The number of aryl methyl sites for hydroxylation is 2. The van der Waals surface area contributed by atoms with E-state index < -0.39 is 23.7 Å². The number of amides is 1. The number of nitrogens with zero attached hydrogens (tertiary/aromatic N) is 2. The lowest BCUT2D eigenvalue weighted by atomic mass is 9.92. The lowest BCUT2D eigenvalue weighted by Crippen LogP contribution is -2.29. The van der Waals surface area contributed by atoms with Crippen LogP contribution in [-0.2, 0) is 14.3 Å². The van der Waals surface area contributed by atoms with Gasteiger partial charge in [0.05, 0.1) is 23.9 Å². The highest BCUT2D eigenvalue weighted by Gasteiger charge is 2.48. The molecule has 3 aromatic rings. The molecule has 0 spiro atoms. The van der Waals surface area contributed by atoms with Crippen LogP contribution in [0.25, 0.3) is 5.76 Å². The number of ketones is 1. The maximum atomic E-state index is 13.6. The number of esters is 1. The molecule has 9 heteroatoms. The largest absolute Gasteiger partial charge is 0.507 e. The Labute approximate surface area is 237 Å². The topological polar surface area (TPSA) is 106 Å². The number of hydrogen-bond donors (Lipinski definition) is 1. The predicted molar refractivity (Wildman–Crippen MR) is 155 cm³/mol. The van der Waals surface area contributed by atoms with Crippen molar-refractivity contribution in [3.63, 3.8) is 0 Å². The third-order valence-corrected chi connectivity index (χ3v) is 7.77. The van der Waals surface area contributed by atoms with Crippen molar-refractivity contribution in [2.45, 2.75) is 46.6 Å². The van der Waals surface area contributed by atoms with Crippen molar-refractivity contribution in [2.75, 3.05) is 18.1 Å². The first kappa shape index (κ1) is 28.8. The third-order valence-electron chi connectivity index (χ3n) is 6.64. The fraction of sp³-hybridized carbons (Fsp3) is 0.290. The van der Waals surface area contributed by atoms with E-state index in [1.165, 1.54) is 4.90 Å². The van der Waals surface area contributed by atoms with Gasteiger partial charge in [-0.15, -0.1) is 0 Å². The van der Waals surface area contributed by atoms with Gasteiger partial charge in [0.1, 0.15) is 23.0 Å². The molecule has 1 atom stereocenters. The summed E-state index contributed by atoms with van der Waals surface area (Å²) in [6.45, 7) is 13.4. The van der Waals surface area contributed by atoms with Gasteiger partial charge in [-0.1, -0.05) is 62.1 Å². The van der Waals surface area contributed by atoms with Crippen LogP contribution in [0.4, 0.5) is 5.13 Å². The average Bonchev–Trinajstić information content (AvgIpc) is 3.43. The summed E-state index contributed by atoms with van der Waals surface area (Å²) in [4.78, 5) is 45.6. The molecule has 1 aliphatic heterocycles. The molecule has 1 fully saturated rings. The Kier molecular flexibility index (Phi) is 8.54. The van der Waals surface area contributed by atoms with Gasteiger partial charge in [0.2, 0.25) is 0 Å². The smallest absolute Gasteiger partial charge is 0.350 e. The maximum absolute atomic E-state index is 13.6. The lowest BCUT2D eigenvalue weighted by Gasteiger charge is -2.23. The molecule has 0 saturated carbocycles. The summed E-state index contributed by atoms with van der Waals surface area (Å²) in [5.74, 6) is -1.67. The van der Waals surface area contributed by atoms with E-state index in [0.29, 0.717) is 34.7 Å². The van der Waals surface area contributed by atoms with E-state index in [4.69, 9.17) is 9.47 Å². The van der Waals surface area contributed by atoms with Gasteiger partial charge in [0, 0.05) is 5.56 Å². The monoisotopic (exact) mass is 560 g/mol. The van der Waals surface area contributed by atoms with Crippen LogP contribution in [0.5, 0.6) is 5.75 Å². The summed E-state index contributed by atoms with van der Waals surface area (Å²) < 4.78 is 10.7. The number of aromatic nitrogens is 1. The number of carbonyl (C=O) groups excluding carboxylic acids is 3. The summed E-state index contributed by atoms with van der Waals surface area (Å²) in [5, 5.41) is 11.7. The highest BCUT2D eigenvalue weighted by atomic mass is 32.1. The molecule has 8 nitrogen and oxygen atoms in total. The molecule has 1 N–H and O–H groups in total. The Balaban J connectivity index is 1.89. The molecule has 1 saturated heterocycles. The molecular formula is C31H32N2O6S. The minimum absolute atomic E-state index is 0.0595. The van der Waals surface area contributed by atoms with Crippen LogP contribution in [0, 0.1) is 13.8 Å². The second-order valence-electron chi connectivity index (χ2n) is 9.70. The molecule has 0 unspecified atom stereocenters. The first-order chi connectivity index (χ1) is 19.1. The Hall–Kier alpha value is -4.24. The fourth-order valence-electron chi connectivity index (χ4n) is 4.57. The molecule has 4 rings (SSSR count). The Bertz CT molecular complexity index is 1500. The Morgan fingerprint density at radius 1 is 1.18 bits per heavy atom. The average molecular weight is 561 g/mol. The van der Waals surface area contributed by atoms with Crippen molar-refractivity contribution < 1.29 is 29.0 Å². The molecule has 2 heterocycles. The zero-order valence-electron chi connectivity index (χ0n) is 23.2. The normalized spacial score (nSPS) is 16.4. The molecule has 1 aromatic heterocycles. The molecule has 208 valence electrons. The van der Waals surface area contributed by atoms with E-state index in [9.17, 15) is 19.5 Å². The van der Waals surface area contributed by atoms with Crippen LogP contribution in [0.2, 0.25) is 0 Å². The van der Waals surface area contributed by atoms with Gasteiger partial charge in [-0.2, -0.15) is 0 Å². The highest BCUT2D eigenvalue weighted by Crippen LogP contribution is 2.44. The molecule has 40 heavy (non-hydrogen) atoms. The Morgan fingerprint density at radius 3 is 2.48 bits per heavy atom. The quantitative estimate of drug-likeness (QED) is 0.108. The molecule has 1 amide bonds. The molecule has 2 aromatic carbocycles. The van der Waals surface area contributed by atoms with Crippen molar-refractivity contribution in [1.82, 2.24) is 4.98 Å². The lowest BCUT2D eigenvalue weighted by molar-refractivity contribution is -0.132. The summed E-state index contributed by atoms with van der Waals surface area (Å²) in [7, 11) is 0. The second kappa shape index (κ2) is 11.9. The number of Topliss-reactive ketones (excluding diaryl/α,β-unsaturated/α-hetero) is 1. The van der Waals surface area contributed by atoms with Crippen LogP contribution in [0.15, 0.2) is 60.7 Å². The molecule has 0 bridgehead atoms. The number of thiazole rings is 1. The number of aliphatic hydroxyl groups is 1. The molecular weight excluding hydrogens is 528 g/mol. The van der Waals surface area contributed by atoms with Gasteiger partial charge in [0.15, 0.2) is 5.13 Å². The van der Waals surface area contributed by atoms with Crippen molar-refractivity contribution in [1.29, 1.82) is 0 Å². The van der Waals surface area contributed by atoms with Crippen LogP contribution in [0.3, 0.4) is 0 Å². The van der Waals surface area contributed by atoms with Crippen molar-refractivity contribution in [2.24, 2.45) is 0 Å². The van der Waals surface area contributed by atoms with Gasteiger partial charge in [-0.3, -0.25) is 14.5 Å². The summed E-state index contributed by atoms with van der Waals surface area (Å²) >= 11 is 0.978. The number of aliphatic hydroxyl groups excluding tert-OH is 1. The predicted octanol–water partition coefficient (Wildman–Crippen LogP) is 6.25. The number of ether oxygens (including phenoxy) is 2. The zero-order valence-corrected chi connectivity index (χ0v) is 24.0. The summed E-state index contributed by atoms with van der Waals surface area (Å²) in [6, 6.07) is 11.7. The van der Waals surface area contributed by atoms with Gasteiger partial charge < -0.3 is 14.6 Å². The number of benzene rings is 2. The number of hydrogen-bond acceptors (Lipinski definition) is 8. The van der Waals surface area contributed by atoms with Crippen molar-refractivity contribution in [3.8, 4) is 5.75 Å². The van der Waals surface area contributed by atoms with E-state index in [1.807, 2.05) is 24.3 Å². The van der Waals surface area contributed by atoms with E-state index in [0.717, 1.165) is 16.9 Å².